The number of carboxylic acid groups (broad SMARTS) is 1. The average molecular weight is 356 g/mol. The van der Waals surface area contributed by atoms with Gasteiger partial charge in [0.15, 0.2) is 0 Å². The lowest BCUT2D eigenvalue weighted by Gasteiger charge is -2.10. The molecule has 26 heavy (non-hydrogen) atoms. The van der Waals surface area contributed by atoms with Crippen LogP contribution >= 0.6 is 0 Å². The molecular formula is C21H28N2O3. The summed E-state index contributed by atoms with van der Waals surface area (Å²) in [6.45, 7) is 5.38. The molecule has 2 rings (SSSR count). The molecule has 0 saturated heterocycles. The molecule has 140 valence electrons. The summed E-state index contributed by atoms with van der Waals surface area (Å²) >= 11 is 0. The average Bonchev–Trinajstić information content (AvgIpc) is 2.89. The van der Waals surface area contributed by atoms with Gasteiger partial charge in [-0.1, -0.05) is 43.2 Å². The van der Waals surface area contributed by atoms with Gasteiger partial charge in [0.25, 0.3) is 5.91 Å². The van der Waals surface area contributed by atoms with Crippen molar-refractivity contribution in [3.63, 3.8) is 0 Å². The Morgan fingerprint density at radius 3 is 2.42 bits per heavy atom. The fourth-order valence-corrected chi connectivity index (χ4v) is 3.09. The molecule has 0 unspecified atom stereocenters. The number of aryl methyl sites for hydroxylation is 1. The third-order valence-corrected chi connectivity index (χ3v) is 4.60. The van der Waals surface area contributed by atoms with Crippen LogP contribution in [-0.4, -0.2) is 28.1 Å². The minimum atomic E-state index is -0.746. The third-order valence-electron chi connectivity index (χ3n) is 4.60. The zero-order chi connectivity index (χ0) is 18.9. The number of nitrogens with zero attached hydrogens (tertiary/aromatic N) is 1. The van der Waals surface area contributed by atoms with Crippen LogP contribution in [0.2, 0.25) is 0 Å². The van der Waals surface area contributed by atoms with Gasteiger partial charge in [0.05, 0.1) is 5.56 Å². The van der Waals surface area contributed by atoms with Crippen molar-refractivity contribution in [2.24, 2.45) is 0 Å². The van der Waals surface area contributed by atoms with E-state index >= 15 is 0 Å². The Bertz CT molecular complexity index is 735. The molecule has 1 heterocycles. The number of hydrogen-bond acceptors (Lipinski definition) is 2. The zero-order valence-corrected chi connectivity index (χ0v) is 15.6. The second-order valence-corrected chi connectivity index (χ2v) is 6.67. The number of carboxylic acids is 1. The van der Waals surface area contributed by atoms with Crippen molar-refractivity contribution in [1.29, 1.82) is 0 Å². The van der Waals surface area contributed by atoms with Crippen LogP contribution in [0.4, 0.5) is 0 Å². The number of carbonyl (C=O) groups excluding carboxylic acids is 1. The SMILES string of the molecule is Cc1cc(C(=O)NCCCCCCC(=O)O)c(C)n1Cc1ccccc1. The zero-order valence-electron chi connectivity index (χ0n) is 15.6. The Kier molecular flexibility index (Phi) is 7.45. The van der Waals surface area contributed by atoms with Gasteiger partial charge in [0.2, 0.25) is 0 Å². The Hall–Kier alpha value is -2.56. The molecule has 5 nitrogen and oxygen atoms in total. The first-order valence-electron chi connectivity index (χ1n) is 9.19. The topological polar surface area (TPSA) is 71.3 Å². The number of unbranched alkanes of at least 4 members (excludes halogenated alkanes) is 3. The van der Waals surface area contributed by atoms with Gasteiger partial charge in [-0.25, -0.2) is 0 Å². The number of hydrogen-bond donors (Lipinski definition) is 2. The molecule has 0 radical (unpaired) electrons. The van der Waals surface area contributed by atoms with E-state index in [1.165, 1.54) is 5.56 Å². The van der Waals surface area contributed by atoms with E-state index in [-0.39, 0.29) is 12.3 Å². The molecule has 0 spiro atoms. The number of rotatable bonds is 10. The van der Waals surface area contributed by atoms with Gasteiger partial charge in [0, 0.05) is 30.9 Å². The van der Waals surface area contributed by atoms with Gasteiger partial charge >= 0.3 is 5.97 Å². The molecule has 0 atom stereocenters. The molecule has 0 aliphatic heterocycles. The number of carbonyl (C=O) groups is 2. The maximum Gasteiger partial charge on any atom is 0.303 e. The lowest BCUT2D eigenvalue weighted by Crippen LogP contribution is -2.25. The molecule has 0 aliphatic rings. The van der Waals surface area contributed by atoms with Gasteiger partial charge in [-0.15, -0.1) is 0 Å². The fourth-order valence-electron chi connectivity index (χ4n) is 3.09. The molecule has 0 fully saturated rings. The summed E-state index contributed by atoms with van der Waals surface area (Å²) in [7, 11) is 0. The first kappa shape index (κ1) is 19.8. The van der Waals surface area contributed by atoms with Crippen molar-refractivity contribution in [3.05, 3.63) is 58.9 Å². The summed E-state index contributed by atoms with van der Waals surface area (Å²) in [4.78, 5) is 22.9. The Morgan fingerprint density at radius 1 is 1.04 bits per heavy atom. The predicted molar refractivity (Wildman–Crippen MR) is 103 cm³/mol. The number of benzene rings is 1. The summed E-state index contributed by atoms with van der Waals surface area (Å²) in [5, 5.41) is 11.6. The second-order valence-electron chi connectivity index (χ2n) is 6.67. The first-order chi connectivity index (χ1) is 12.5. The van der Waals surface area contributed by atoms with Gasteiger partial charge in [-0.3, -0.25) is 9.59 Å². The number of amides is 1. The van der Waals surface area contributed by atoms with Gasteiger partial charge in [-0.2, -0.15) is 0 Å². The molecule has 5 heteroatoms. The second kappa shape index (κ2) is 9.80. The Balaban J connectivity index is 1.84. The third kappa shape index (κ3) is 5.76. The highest BCUT2D eigenvalue weighted by molar-refractivity contribution is 5.95. The summed E-state index contributed by atoms with van der Waals surface area (Å²) in [6, 6.07) is 12.2. The van der Waals surface area contributed by atoms with Crippen LogP contribution in [-0.2, 0) is 11.3 Å². The van der Waals surface area contributed by atoms with Crippen molar-refractivity contribution in [2.75, 3.05) is 6.54 Å². The highest BCUT2D eigenvalue weighted by atomic mass is 16.4. The van der Waals surface area contributed by atoms with Crippen LogP contribution in [0.3, 0.4) is 0 Å². The van der Waals surface area contributed by atoms with E-state index in [1.807, 2.05) is 38.1 Å². The molecule has 2 aromatic rings. The van der Waals surface area contributed by atoms with E-state index in [4.69, 9.17) is 5.11 Å². The molecule has 0 saturated carbocycles. The summed E-state index contributed by atoms with van der Waals surface area (Å²) in [5.41, 5.74) is 3.99. The van der Waals surface area contributed by atoms with Crippen molar-refractivity contribution in [1.82, 2.24) is 9.88 Å². The van der Waals surface area contributed by atoms with E-state index < -0.39 is 5.97 Å². The minimum absolute atomic E-state index is 0.0389. The van der Waals surface area contributed by atoms with Crippen molar-refractivity contribution < 1.29 is 14.7 Å². The van der Waals surface area contributed by atoms with Crippen LogP contribution < -0.4 is 5.32 Å². The van der Waals surface area contributed by atoms with Crippen LogP contribution in [0.25, 0.3) is 0 Å². The largest absolute Gasteiger partial charge is 0.481 e. The van der Waals surface area contributed by atoms with Crippen molar-refractivity contribution in [2.45, 2.75) is 52.5 Å². The van der Waals surface area contributed by atoms with E-state index in [0.29, 0.717) is 13.0 Å². The summed E-state index contributed by atoms with van der Waals surface area (Å²) in [5.74, 6) is -0.785. The van der Waals surface area contributed by atoms with Crippen molar-refractivity contribution in [3.8, 4) is 0 Å². The molecule has 1 aromatic heterocycles. The highest BCUT2D eigenvalue weighted by Crippen LogP contribution is 2.17. The minimum Gasteiger partial charge on any atom is -0.481 e. The van der Waals surface area contributed by atoms with Crippen LogP contribution in [0.5, 0.6) is 0 Å². The van der Waals surface area contributed by atoms with Gasteiger partial charge in [0.1, 0.15) is 0 Å². The van der Waals surface area contributed by atoms with Gasteiger partial charge < -0.3 is 15.0 Å². The lowest BCUT2D eigenvalue weighted by molar-refractivity contribution is -0.137. The quantitative estimate of drug-likeness (QED) is 0.634. The van der Waals surface area contributed by atoms with E-state index in [1.54, 1.807) is 0 Å². The summed E-state index contributed by atoms with van der Waals surface area (Å²) < 4.78 is 2.16. The Labute approximate surface area is 155 Å². The van der Waals surface area contributed by atoms with E-state index in [9.17, 15) is 9.59 Å². The summed E-state index contributed by atoms with van der Waals surface area (Å²) in [6.07, 6.45) is 3.60. The fraction of sp³-hybridized carbons (Fsp3) is 0.429. The molecule has 1 aromatic carbocycles. The Morgan fingerprint density at radius 2 is 1.73 bits per heavy atom. The van der Waals surface area contributed by atoms with Crippen LogP contribution in [0, 0.1) is 13.8 Å². The van der Waals surface area contributed by atoms with Crippen LogP contribution in [0.1, 0.15) is 59.4 Å². The van der Waals surface area contributed by atoms with Gasteiger partial charge in [-0.05, 0) is 38.3 Å². The molecule has 0 aliphatic carbocycles. The molecule has 0 bridgehead atoms. The first-order valence-corrected chi connectivity index (χ1v) is 9.19. The predicted octanol–water partition coefficient (Wildman–Crippen LogP) is 3.92. The molecule has 2 N–H and O–H groups in total. The standard InChI is InChI=1S/C21H28N2O3/c1-16-14-19(17(2)23(16)15-18-10-6-5-7-11-18)21(26)22-13-9-4-3-8-12-20(24)25/h5-7,10-11,14H,3-4,8-9,12-13,15H2,1-2H3,(H,22,26)(H,24,25). The van der Waals surface area contributed by atoms with E-state index in [2.05, 4.69) is 22.0 Å². The molecule has 1 amide bonds. The smallest absolute Gasteiger partial charge is 0.303 e. The number of nitrogens with one attached hydrogen (secondary N) is 1. The van der Waals surface area contributed by atoms with E-state index in [0.717, 1.165) is 42.8 Å². The molecular weight excluding hydrogens is 328 g/mol. The monoisotopic (exact) mass is 356 g/mol. The number of aromatic nitrogens is 1. The normalized spacial score (nSPS) is 10.7. The highest BCUT2D eigenvalue weighted by Gasteiger charge is 2.15. The maximum absolute atomic E-state index is 12.5. The van der Waals surface area contributed by atoms with Crippen molar-refractivity contribution >= 4 is 11.9 Å². The number of aliphatic carboxylic acids is 1. The van der Waals surface area contributed by atoms with Crippen LogP contribution in [0.15, 0.2) is 36.4 Å². The lowest BCUT2D eigenvalue weighted by atomic mass is 10.1. The maximum atomic E-state index is 12.5.